The van der Waals surface area contributed by atoms with Gasteiger partial charge in [0.1, 0.15) is 0 Å². The van der Waals surface area contributed by atoms with Gasteiger partial charge in [-0.2, -0.15) is 0 Å². The molecular weight excluding hydrogens is 260 g/mol. The van der Waals surface area contributed by atoms with Crippen molar-refractivity contribution < 1.29 is 9.47 Å². The molecular formula is C16H25ClO2. The van der Waals surface area contributed by atoms with Crippen LogP contribution in [-0.4, -0.2) is 13.2 Å². The molecule has 0 spiro atoms. The van der Waals surface area contributed by atoms with Crippen molar-refractivity contribution in [2.45, 2.75) is 46.4 Å². The number of hydrogen-bond acceptors (Lipinski definition) is 2. The van der Waals surface area contributed by atoms with Crippen molar-refractivity contribution in [3.05, 3.63) is 23.8 Å². The lowest BCUT2D eigenvalue weighted by Gasteiger charge is -2.22. The first-order chi connectivity index (χ1) is 8.87. The second kappa shape index (κ2) is 7.04. The normalized spacial score (nSPS) is 13.2. The first-order valence-corrected chi connectivity index (χ1v) is 7.34. The summed E-state index contributed by atoms with van der Waals surface area (Å²) < 4.78 is 11.2. The molecule has 0 aliphatic carbocycles. The van der Waals surface area contributed by atoms with Crippen LogP contribution in [0.15, 0.2) is 18.2 Å². The minimum Gasteiger partial charge on any atom is -0.490 e. The van der Waals surface area contributed by atoms with Crippen LogP contribution < -0.4 is 9.47 Å². The van der Waals surface area contributed by atoms with E-state index in [1.807, 2.05) is 32.0 Å². The summed E-state index contributed by atoms with van der Waals surface area (Å²) in [4.78, 5) is 0. The third kappa shape index (κ3) is 5.32. The van der Waals surface area contributed by atoms with Crippen LogP contribution in [0, 0.1) is 5.41 Å². The van der Waals surface area contributed by atoms with E-state index < -0.39 is 0 Å². The number of ether oxygens (including phenoxy) is 2. The molecule has 0 aliphatic heterocycles. The first kappa shape index (κ1) is 16.2. The Morgan fingerprint density at radius 1 is 1.05 bits per heavy atom. The topological polar surface area (TPSA) is 18.5 Å². The van der Waals surface area contributed by atoms with Crippen molar-refractivity contribution >= 4 is 11.6 Å². The Morgan fingerprint density at radius 2 is 1.63 bits per heavy atom. The van der Waals surface area contributed by atoms with Crippen molar-refractivity contribution in [2.24, 2.45) is 5.41 Å². The van der Waals surface area contributed by atoms with Crippen LogP contribution in [0.5, 0.6) is 11.5 Å². The van der Waals surface area contributed by atoms with Gasteiger partial charge in [0.25, 0.3) is 0 Å². The lowest BCUT2D eigenvalue weighted by Crippen LogP contribution is -2.09. The molecule has 108 valence electrons. The Hall–Kier alpha value is -0.890. The summed E-state index contributed by atoms with van der Waals surface area (Å²) in [5.41, 5.74) is 1.29. The molecule has 19 heavy (non-hydrogen) atoms. The molecule has 3 heteroatoms. The molecule has 1 rings (SSSR count). The van der Waals surface area contributed by atoms with Crippen LogP contribution in [0.1, 0.15) is 52.0 Å². The summed E-state index contributed by atoms with van der Waals surface area (Å²) in [5, 5.41) is -0.00474. The van der Waals surface area contributed by atoms with Crippen LogP contribution >= 0.6 is 11.6 Å². The number of hydrogen-bond donors (Lipinski definition) is 0. The van der Waals surface area contributed by atoms with E-state index in [4.69, 9.17) is 21.1 Å². The maximum atomic E-state index is 6.50. The molecule has 0 aromatic heterocycles. The average molecular weight is 285 g/mol. The highest BCUT2D eigenvalue weighted by molar-refractivity contribution is 6.20. The number of benzene rings is 1. The fourth-order valence-electron chi connectivity index (χ4n) is 1.92. The molecule has 0 saturated heterocycles. The van der Waals surface area contributed by atoms with Crippen molar-refractivity contribution in [3.63, 3.8) is 0 Å². The SMILES string of the molecule is CCOc1ccc(C(Cl)CC(C)(C)C)cc1OCC. The molecule has 1 unspecified atom stereocenters. The standard InChI is InChI=1S/C16H25ClO2/c1-6-18-14-9-8-12(10-15(14)19-7-2)13(17)11-16(3,4)5/h8-10,13H,6-7,11H2,1-5H3. The quantitative estimate of drug-likeness (QED) is 0.669. The molecule has 0 bridgehead atoms. The van der Waals surface area contributed by atoms with Crippen LogP contribution in [0.2, 0.25) is 0 Å². The fourth-order valence-corrected chi connectivity index (χ4v) is 2.52. The molecule has 0 radical (unpaired) electrons. The van der Waals surface area contributed by atoms with Gasteiger partial charge in [-0.15, -0.1) is 11.6 Å². The summed E-state index contributed by atoms with van der Waals surface area (Å²) >= 11 is 6.50. The molecule has 0 fully saturated rings. The maximum Gasteiger partial charge on any atom is 0.161 e. The minimum absolute atomic E-state index is 0.00474. The molecule has 1 atom stereocenters. The van der Waals surface area contributed by atoms with E-state index in [2.05, 4.69) is 20.8 Å². The van der Waals surface area contributed by atoms with Gasteiger partial charge in [0, 0.05) is 0 Å². The van der Waals surface area contributed by atoms with Gasteiger partial charge in [0.05, 0.1) is 18.6 Å². The van der Waals surface area contributed by atoms with Crippen molar-refractivity contribution in [2.75, 3.05) is 13.2 Å². The second-order valence-electron chi connectivity index (χ2n) is 5.80. The summed E-state index contributed by atoms with van der Waals surface area (Å²) in [6.07, 6.45) is 0.925. The third-order valence-electron chi connectivity index (χ3n) is 2.72. The molecule has 1 aromatic rings. The smallest absolute Gasteiger partial charge is 0.161 e. The largest absolute Gasteiger partial charge is 0.490 e. The van der Waals surface area contributed by atoms with Crippen molar-refractivity contribution in [1.82, 2.24) is 0 Å². The molecule has 0 saturated carbocycles. The van der Waals surface area contributed by atoms with E-state index in [-0.39, 0.29) is 10.8 Å². The summed E-state index contributed by atoms with van der Waals surface area (Å²) in [7, 11) is 0. The molecule has 0 N–H and O–H groups in total. The second-order valence-corrected chi connectivity index (χ2v) is 6.33. The predicted molar refractivity (Wildman–Crippen MR) is 81.4 cm³/mol. The van der Waals surface area contributed by atoms with Gasteiger partial charge in [-0.25, -0.2) is 0 Å². The molecule has 0 heterocycles. The van der Waals surface area contributed by atoms with Crippen LogP contribution in [0.25, 0.3) is 0 Å². The molecule has 0 amide bonds. The number of alkyl halides is 1. The zero-order chi connectivity index (χ0) is 14.5. The Balaban J connectivity index is 2.93. The molecule has 0 aliphatic rings. The van der Waals surface area contributed by atoms with Gasteiger partial charge in [-0.1, -0.05) is 26.8 Å². The predicted octanol–water partition coefficient (Wildman–Crippen LogP) is 5.20. The maximum absolute atomic E-state index is 6.50. The van der Waals surface area contributed by atoms with Crippen LogP contribution in [0.4, 0.5) is 0 Å². The molecule has 2 nitrogen and oxygen atoms in total. The van der Waals surface area contributed by atoms with E-state index in [0.29, 0.717) is 13.2 Å². The monoisotopic (exact) mass is 284 g/mol. The summed E-state index contributed by atoms with van der Waals surface area (Å²) in [5.74, 6) is 1.56. The van der Waals surface area contributed by atoms with Gasteiger partial charge in [-0.3, -0.25) is 0 Å². The number of halogens is 1. The van der Waals surface area contributed by atoms with Gasteiger partial charge < -0.3 is 9.47 Å². The van der Waals surface area contributed by atoms with E-state index >= 15 is 0 Å². The van der Waals surface area contributed by atoms with Gasteiger partial charge in [-0.05, 0) is 43.4 Å². The lowest BCUT2D eigenvalue weighted by molar-refractivity contribution is 0.287. The van der Waals surface area contributed by atoms with E-state index in [0.717, 1.165) is 23.5 Å². The van der Waals surface area contributed by atoms with Gasteiger partial charge in [0.15, 0.2) is 11.5 Å². The minimum atomic E-state index is -0.00474. The first-order valence-electron chi connectivity index (χ1n) is 6.91. The Labute approximate surface area is 122 Å². The highest BCUT2D eigenvalue weighted by atomic mass is 35.5. The van der Waals surface area contributed by atoms with E-state index in [9.17, 15) is 0 Å². The Kier molecular flexibility index (Phi) is 5.99. The number of rotatable bonds is 6. The van der Waals surface area contributed by atoms with Gasteiger partial charge in [0.2, 0.25) is 0 Å². The van der Waals surface area contributed by atoms with E-state index in [1.54, 1.807) is 0 Å². The lowest BCUT2D eigenvalue weighted by atomic mass is 9.88. The van der Waals surface area contributed by atoms with E-state index in [1.165, 1.54) is 0 Å². The van der Waals surface area contributed by atoms with Crippen molar-refractivity contribution in [1.29, 1.82) is 0 Å². The Morgan fingerprint density at radius 3 is 2.16 bits per heavy atom. The zero-order valence-electron chi connectivity index (χ0n) is 12.6. The summed E-state index contributed by atoms with van der Waals surface area (Å²) in [6, 6.07) is 5.97. The zero-order valence-corrected chi connectivity index (χ0v) is 13.4. The highest BCUT2D eigenvalue weighted by Crippen LogP contribution is 2.38. The fraction of sp³-hybridized carbons (Fsp3) is 0.625. The van der Waals surface area contributed by atoms with Crippen LogP contribution in [0.3, 0.4) is 0 Å². The average Bonchev–Trinajstić information content (AvgIpc) is 2.29. The van der Waals surface area contributed by atoms with Crippen LogP contribution in [-0.2, 0) is 0 Å². The van der Waals surface area contributed by atoms with Crippen molar-refractivity contribution in [3.8, 4) is 11.5 Å². The Bertz CT molecular complexity index is 396. The van der Waals surface area contributed by atoms with Gasteiger partial charge >= 0.3 is 0 Å². The molecule has 1 aromatic carbocycles. The third-order valence-corrected chi connectivity index (χ3v) is 3.13. The highest BCUT2D eigenvalue weighted by Gasteiger charge is 2.19. The summed E-state index contributed by atoms with van der Waals surface area (Å²) in [6.45, 7) is 11.8.